The third-order valence-electron chi connectivity index (χ3n) is 10.3. The van der Waals surface area contributed by atoms with E-state index >= 15 is 0 Å². The van der Waals surface area contributed by atoms with Gasteiger partial charge in [-0.25, -0.2) is 0 Å². The van der Waals surface area contributed by atoms with E-state index in [1.165, 1.54) is 39.8 Å². The van der Waals surface area contributed by atoms with Crippen LogP contribution in [0.3, 0.4) is 0 Å². The third kappa shape index (κ3) is 8.14. The van der Waals surface area contributed by atoms with Crippen LogP contribution in [0.1, 0.15) is 115 Å². The van der Waals surface area contributed by atoms with Gasteiger partial charge in [0.2, 0.25) is 0 Å². The summed E-state index contributed by atoms with van der Waals surface area (Å²) in [6.45, 7) is 21.5. The Morgan fingerprint density at radius 1 is 0.769 bits per heavy atom. The molecule has 1 radical (unpaired) electrons. The molecular formula is C46H56IrN3O2-. The maximum atomic E-state index is 11.7. The van der Waals surface area contributed by atoms with Gasteiger partial charge in [0.15, 0.2) is 5.78 Å². The fraction of sp³-hybridized carbons (Fsp3) is 0.391. The van der Waals surface area contributed by atoms with E-state index in [0.717, 1.165) is 59.4 Å². The number of aliphatic hydroxyl groups excluding tert-OH is 1. The van der Waals surface area contributed by atoms with E-state index in [2.05, 4.69) is 130 Å². The first kappa shape index (κ1) is 40.8. The summed E-state index contributed by atoms with van der Waals surface area (Å²) in [5.74, 6) is 2.29. The minimum Gasteiger partial charge on any atom is -0.512 e. The van der Waals surface area contributed by atoms with Gasteiger partial charge in [-0.15, -0.1) is 34.9 Å². The largest absolute Gasteiger partial charge is 0.512 e. The Morgan fingerprint density at radius 2 is 1.33 bits per heavy atom. The van der Waals surface area contributed by atoms with Gasteiger partial charge in [-0.05, 0) is 72.9 Å². The van der Waals surface area contributed by atoms with E-state index in [1.54, 1.807) is 0 Å². The summed E-state index contributed by atoms with van der Waals surface area (Å²) in [4.78, 5) is 19.4. The van der Waals surface area contributed by atoms with Crippen LogP contribution in [0.2, 0.25) is 0 Å². The van der Waals surface area contributed by atoms with Crippen LogP contribution in [0.4, 0.5) is 17.1 Å². The van der Waals surface area contributed by atoms with E-state index in [4.69, 9.17) is 4.98 Å². The van der Waals surface area contributed by atoms with Crippen molar-refractivity contribution in [2.45, 2.75) is 107 Å². The van der Waals surface area contributed by atoms with Gasteiger partial charge in [0.05, 0.1) is 45.4 Å². The van der Waals surface area contributed by atoms with Crippen LogP contribution < -0.4 is 4.90 Å². The molecule has 0 bridgehead atoms. The van der Waals surface area contributed by atoms with Crippen LogP contribution in [0.15, 0.2) is 84.6 Å². The first-order chi connectivity index (χ1) is 24.4. The fourth-order valence-electron chi connectivity index (χ4n) is 7.48. The summed E-state index contributed by atoms with van der Waals surface area (Å²) in [7, 11) is 0. The smallest absolute Gasteiger partial charge is 0.162 e. The summed E-state index contributed by atoms with van der Waals surface area (Å²) in [5.41, 5.74) is 13.1. The number of aliphatic hydroxyl groups is 1. The Morgan fingerprint density at radius 3 is 1.88 bits per heavy atom. The molecule has 6 heteroatoms. The molecule has 2 heterocycles. The minimum absolute atomic E-state index is 0. The molecule has 0 saturated heterocycles. The zero-order chi connectivity index (χ0) is 37.0. The van der Waals surface area contributed by atoms with Gasteiger partial charge in [0, 0.05) is 38.0 Å². The van der Waals surface area contributed by atoms with Gasteiger partial charge in [-0.2, -0.15) is 0 Å². The zero-order valence-corrected chi connectivity index (χ0v) is 35.1. The van der Waals surface area contributed by atoms with Crippen LogP contribution in [0.25, 0.3) is 28.1 Å². The fourth-order valence-corrected chi connectivity index (χ4v) is 7.48. The molecule has 52 heavy (non-hydrogen) atoms. The van der Waals surface area contributed by atoms with E-state index in [1.807, 2.05) is 27.7 Å². The number of carbonyl (C=O) groups is 1. The molecule has 4 aromatic carbocycles. The molecule has 5 aromatic rings. The van der Waals surface area contributed by atoms with Gasteiger partial charge in [-0.1, -0.05) is 106 Å². The average molecular weight is 875 g/mol. The van der Waals surface area contributed by atoms with Gasteiger partial charge in [0.1, 0.15) is 0 Å². The molecule has 0 unspecified atom stereocenters. The molecule has 277 valence electrons. The number of anilines is 3. The number of hydrogen-bond acceptors (Lipinski definition) is 4. The maximum Gasteiger partial charge on any atom is 0.162 e. The number of allylic oxidation sites excluding steroid dienone is 2. The summed E-state index contributed by atoms with van der Waals surface area (Å²) in [5, 5.41) is 9.76. The first-order valence-electron chi connectivity index (χ1n) is 18.9. The van der Waals surface area contributed by atoms with Gasteiger partial charge < -0.3 is 14.6 Å². The molecule has 1 aromatic heterocycles. The number of rotatable bonds is 11. The predicted octanol–water partition coefficient (Wildman–Crippen LogP) is 13.0. The molecule has 0 aliphatic carbocycles. The first-order valence-corrected chi connectivity index (χ1v) is 18.9. The minimum atomic E-state index is 0. The molecule has 1 N–H and O–H groups in total. The van der Waals surface area contributed by atoms with Crippen molar-refractivity contribution >= 4 is 33.9 Å². The number of hydrogen-bond donors (Lipinski definition) is 1. The number of para-hydroxylation sites is 4. The van der Waals surface area contributed by atoms with Crippen molar-refractivity contribution in [1.29, 1.82) is 0 Å². The van der Waals surface area contributed by atoms with Crippen LogP contribution >= 0.6 is 0 Å². The molecule has 1 aliphatic heterocycles. The van der Waals surface area contributed by atoms with Crippen molar-refractivity contribution < 1.29 is 30.0 Å². The number of nitrogens with zero attached hydrogens (tertiary/aromatic N) is 3. The molecule has 6 rings (SSSR count). The Balaban J connectivity index is 0.000000323. The van der Waals surface area contributed by atoms with Crippen molar-refractivity contribution in [3.05, 3.63) is 113 Å². The zero-order valence-electron chi connectivity index (χ0n) is 32.7. The number of carbonyl (C=O) groups excluding carboxylic acids is 1. The average Bonchev–Trinajstić information content (AvgIpc) is 3.50. The van der Waals surface area contributed by atoms with Gasteiger partial charge in [-0.3, -0.25) is 9.78 Å². The summed E-state index contributed by atoms with van der Waals surface area (Å²) >= 11 is 0. The van der Waals surface area contributed by atoms with Crippen molar-refractivity contribution in [1.82, 2.24) is 9.55 Å². The number of fused-ring (bicyclic) bond motifs is 2. The van der Waals surface area contributed by atoms with Crippen molar-refractivity contribution in [2.75, 3.05) is 4.90 Å². The Hall–Kier alpha value is -3.99. The van der Waals surface area contributed by atoms with Crippen LogP contribution in [-0.4, -0.2) is 20.4 Å². The molecule has 0 fully saturated rings. The number of benzene rings is 4. The van der Waals surface area contributed by atoms with Crippen LogP contribution in [0, 0.1) is 31.7 Å². The standard InChI is InChI=1S/C33H32N3.C13H24O2.Ir/c1-20(2)25-11-9-12-26(21(3)4)31(25)35-28-14-7-8-15-29(28)36-32-27(13-10-16-30(32)35)34-33(36)24-18-22(5)17-23(6)19-24;1-5-10(6-2)12(14)9-13(15)11(7-3)8-4;/h7-18,20-21H,1-6H3;9-11,14H,5-8H2,1-4H3;/q-1;;/b;12-9-;. The second-order valence-corrected chi connectivity index (χ2v) is 14.6. The van der Waals surface area contributed by atoms with Crippen LogP contribution in [0.5, 0.6) is 0 Å². The maximum absolute atomic E-state index is 11.7. The van der Waals surface area contributed by atoms with E-state index < -0.39 is 0 Å². The van der Waals surface area contributed by atoms with Gasteiger partial charge >= 0.3 is 0 Å². The van der Waals surface area contributed by atoms with Crippen molar-refractivity contribution in [3.8, 4) is 17.1 Å². The molecular weight excluding hydrogens is 819 g/mol. The molecule has 5 nitrogen and oxygen atoms in total. The normalized spacial score (nSPS) is 12.3. The van der Waals surface area contributed by atoms with E-state index in [9.17, 15) is 9.90 Å². The Kier molecular flexibility index (Phi) is 13.9. The molecule has 0 saturated carbocycles. The second kappa shape index (κ2) is 17.7. The summed E-state index contributed by atoms with van der Waals surface area (Å²) < 4.78 is 2.34. The van der Waals surface area contributed by atoms with Crippen LogP contribution in [-0.2, 0) is 24.9 Å². The van der Waals surface area contributed by atoms with E-state index in [0.29, 0.717) is 11.8 Å². The third-order valence-corrected chi connectivity index (χ3v) is 10.3. The van der Waals surface area contributed by atoms with E-state index in [-0.39, 0.29) is 43.5 Å². The quantitative estimate of drug-likeness (QED) is 0.0800. The van der Waals surface area contributed by atoms with Crippen molar-refractivity contribution in [3.63, 3.8) is 0 Å². The topological polar surface area (TPSA) is 58.4 Å². The number of aryl methyl sites for hydroxylation is 2. The second-order valence-electron chi connectivity index (χ2n) is 14.6. The number of ketones is 1. The number of aromatic nitrogens is 2. The monoisotopic (exact) mass is 875 g/mol. The number of imidazole rings is 1. The summed E-state index contributed by atoms with van der Waals surface area (Å²) in [6, 6.07) is 30.0. The molecule has 0 amide bonds. The Bertz CT molecular complexity index is 1980. The molecule has 0 spiro atoms. The SMILES string of the molecule is CCC(CC)C(=O)/C=C(\O)C(CC)CC.Cc1[c-]c(-c2nc3cccc4c3n2-c2ccccc2N4c2c(C(C)C)cccc2C(C)C)cc(C)c1.[Ir]. The summed E-state index contributed by atoms with van der Waals surface area (Å²) in [6.07, 6.45) is 4.91. The molecule has 0 atom stereocenters. The molecule has 1 aliphatic rings. The van der Waals surface area contributed by atoms with Gasteiger partial charge in [0.25, 0.3) is 0 Å². The predicted molar refractivity (Wildman–Crippen MR) is 215 cm³/mol. The van der Waals surface area contributed by atoms with Crippen molar-refractivity contribution in [2.24, 2.45) is 11.8 Å². The Labute approximate surface area is 325 Å².